The van der Waals surface area contributed by atoms with Crippen LogP contribution in [0.1, 0.15) is 26.2 Å². The van der Waals surface area contributed by atoms with Gasteiger partial charge < -0.3 is 4.74 Å². The highest BCUT2D eigenvalue weighted by molar-refractivity contribution is 7.92. The molecule has 0 aliphatic rings. The molecule has 0 amide bonds. The zero-order chi connectivity index (χ0) is 18.4. The minimum Gasteiger partial charge on any atom is -0.438 e. The maximum Gasteiger partial charge on any atom is 0.232 e. The molecule has 0 aliphatic carbocycles. The van der Waals surface area contributed by atoms with Crippen molar-refractivity contribution in [3.63, 3.8) is 0 Å². The highest BCUT2D eigenvalue weighted by atomic mass is 32.2. The van der Waals surface area contributed by atoms with Crippen LogP contribution in [-0.4, -0.2) is 19.2 Å². The van der Waals surface area contributed by atoms with E-state index in [0.717, 1.165) is 23.6 Å². The van der Waals surface area contributed by atoms with Crippen LogP contribution < -0.4 is 9.46 Å². The number of hydrogen-bond acceptors (Lipinski definition) is 4. The first kappa shape index (κ1) is 18.2. The molecule has 1 heterocycles. The van der Waals surface area contributed by atoms with Gasteiger partial charge in [-0.15, -0.1) is 0 Å². The number of unbranched alkanes of at least 4 members (excludes halogenated alkanes) is 2. The molecule has 1 aromatic heterocycles. The number of sulfonamides is 1. The third-order valence-electron chi connectivity index (χ3n) is 3.99. The summed E-state index contributed by atoms with van der Waals surface area (Å²) in [5.41, 5.74) is 0.451. The van der Waals surface area contributed by atoms with Crippen LogP contribution in [0.2, 0.25) is 0 Å². The van der Waals surface area contributed by atoms with E-state index in [2.05, 4.69) is 9.71 Å². The van der Waals surface area contributed by atoms with E-state index in [-0.39, 0.29) is 5.75 Å². The first-order valence-electron chi connectivity index (χ1n) is 8.69. The lowest BCUT2D eigenvalue weighted by Crippen LogP contribution is -2.16. The summed E-state index contributed by atoms with van der Waals surface area (Å²) in [6.45, 7) is 2.04. The van der Waals surface area contributed by atoms with Gasteiger partial charge in [-0.2, -0.15) is 0 Å². The molecule has 0 saturated heterocycles. The Morgan fingerprint density at radius 3 is 2.69 bits per heavy atom. The first-order chi connectivity index (χ1) is 12.6. The molecule has 3 rings (SSSR count). The summed E-state index contributed by atoms with van der Waals surface area (Å²) < 4.78 is 32.8. The summed E-state index contributed by atoms with van der Waals surface area (Å²) in [5.74, 6) is 1.14. The second-order valence-electron chi connectivity index (χ2n) is 6.09. The number of nitrogens with one attached hydrogen (secondary N) is 1. The molecular formula is C20H22N2O3S. The van der Waals surface area contributed by atoms with Crippen molar-refractivity contribution in [3.05, 3.63) is 60.8 Å². The number of fused-ring (bicyclic) bond motifs is 1. The molecule has 3 aromatic rings. The predicted molar refractivity (Wildman–Crippen MR) is 105 cm³/mol. The van der Waals surface area contributed by atoms with E-state index in [1.165, 1.54) is 6.20 Å². The van der Waals surface area contributed by atoms with E-state index in [0.29, 0.717) is 23.7 Å². The van der Waals surface area contributed by atoms with E-state index < -0.39 is 10.0 Å². The maximum absolute atomic E-state index is 12.1. The third-order valence-corrected chi connectivity index (χ3v) is 5.36. The number of nitrogens with zero attached hydrogens (tertiary/aromatic N) is 1. The fourth-order valence-electron chi connectivity index (χ4n) is 2.70. The molecule has 2 aromatic carbocycles. The van der Waals surface area contributed by atoms with Gasteiger partial charge in [0.2, 0.25) is 15.9 Å². The summed E-state index contributed by atoms with van der Waals surface area (Å²) in [4.78, 5) is 4.19. The third kappa shape index (κ3) is 4.73. The number of ether oxygens (including phenoxy) is 1. The highest BCUT2D eigenvalue weighted by Gasteiger charge is 2.11. The van der Waals surface area contributed by atoms with Gasteiger partial charge in [0.05, 0.1) is 11.4 Å². The Bertz CT molecular complexity index is 982. The number of hydrogen-bond donors (Lipinski definition) is 1. The smallest absolute Gasteiger partial charge is 0.232 e. The highest BCUT2D eigenvalue weighted by Crippen LogP contribution is 2.29. The monoisotopic (exact) mass is 370 g/mol. The van der Waals surface area contributed by atoms with Crippen molar-refractivity contribution in [1.29, 1.82) is 0 Å². The van der Waals surface area contributed by atoms with E-state index in [1.54, 1.807) is 12.1 Å². The van der Waals surface area contributed by atoms with Crippen molar-refractivity contribution in [1.82, 2.24) is 4.98 Å². The lowest BCUT2D eigenvalue weighted by Gasteiger charge is -2.11. The summed E-state index contributed by atoms with van der Waals surface area (Å²) in [7, 11) is -3.36. The number of rotatable bonds is 8. The van der Waals surface area contributed by atoms with Crippen LogP contribution in [0.4, 0.5) is 5.69 Å². The second-order valence-corrected chi connectivity index (χ2v) is 7.93. The number of aromatic nitrogens is 1. The molecule has 136 valence electrons. The minimum atomic E-state index is -3.36. The Balaban J connectivity index is 1.77. The van der Waals surface area contributed by atoms with Gasteiger partial charge in [-0.3, -0.25) is 4.72 Å². The topological polar surface area (TPSA) is 68.3 Å². The van der Waals surface area contributed by atoms with Gasteiger partial charge in [0.25, 0.3) is 0 Å². The van der Waals surface area contributed by atoms with Crippen molar-refractivity contribution >= 4 is 26.5 Å². The second kappa shape index (κ2) is 8.19. The Labute approximate surface area is 154 Å². The summed E-state index contributed by atoms with van der Waals surface area (Å²) in [6, 6.07) is 16.9. The summed E-state index contributed by atoms with van der Waals surface area (Å²) in [6.07, 6.45) is 4.06. The molecule has 6 heteroatoms. The van der Waals surface area contributed by atoms with Gasteiger partial charge in [0.1, 0.15) is 5.75 Å². The summed E-state index contributed by atoms with van der Waals surface area (Å²) >= 11 is 0. The Kier molecular flexibility index (Phi) is 5.73. The molecule has 0 fully saturated rings. The molecule has 0 saturated carbocycles. The molecule has 0 bridgehead atoms. The molecule has 0 unspecified atom stereocenters. The Hall–Kier alpha value is -2.60. The van der Waals surface area contributed by atoms with Gasteiger partial charge >= 0.3 is 0 Å². The molecule has 26 heavy (non-hydrogen) atoms. The molecule has 0 radical (unpaired) electrons. The minimum absolute atomic E-state index is 0.114. The molecule has 0 spiro atoms. The maximum atomic E-state index is 12.1. The van der Waals surface area contributed by atoms with Crippen LogP contribution in [0.3, 0.4) is 0 Å². The SMILES string of the molecule is CCCCCS(=O)(=O)Nc1ccnc(Oc2cccc3ccccc23)c1. The summed E-state index contributed by atoms with van der Waals surface area (Å²) in [5, 5.41) is 2.04. The zero-order valence-electron chi connectivity index (χ0n) is 14.7. The number of benzene rings is 2. The number of pyridine rings is 1. The van der Waals surface area contributed by atoms with Gasteiger partial charge in [0, 0.05) is 17.6 Å². The van der Waals surface area contributed by atoms with Crippen LogP contribution >= 0.6 is 0 Å². The molecule has 0 aliphatic heterocycles. The molecule has 1 N–H and O–H groups in total. The van der Waals surface area contributed by atoms with Crippen molar-refractivity contribution < 1.29 is 13.2 Å². The van der Waals surface area contributed by atoms with E-state index in [9.17, 15) is 8.42 Å². The van der Waals surface area contributed by atoms with Crippen LogP contribution in [0.15, 0.2) is 60.8 Å². The van der Waals surface area contributed by atoms with E-state index >= 15 is 0 Å². The number of anilines is 1. The van der Waals surface area contributed by atoms with Crippen LogP contribution in [-0.2, 0) is 10.0 Å². The molecular weight excluding hydrogens is 348 g/mol. The van der Waals surface area contributed by atoms with Crippen LogP contribution in [0.5, 0.6) is 11.6 Å². The van der Waals surface area contributed by atoms with Gasteiger partial charge in [-0.25, -0.2) is 13.4 Å². The van der Waals surface area contributed by atoms with Crippen molar-refractivity contribution in [2.75, 3.05) is 10.5 Å². The van der Waals surface area contributed by atoms with E-state index in [4.69, 9.17) is 4.74 Å². The van der Waals surface area contributed by atoms with Gasteiger partial charge in [0.15, 0.2) is 0 Å². The van der Waals surface area contributed by atoms with Crippen molar-refractivity contribution in [3.8, 4) is 11.6 Å². The largest absolute Gasteiger partial charge is 0.438 e. The van der Waals surface area contributed by atoms with Crippen LogP contribution in [0, 0.1) is 0 Å². The van der Waals surface area contributed by atoms with Crippen molar-refractivity contribution in [2.45, 2.75) is 26.2 Å². The quantitative estimate of drug-likeness (QED) is 0.569. The Morgan fingerprint density at radius 2 is 1.85 bits per heavy atom. The standard InChI is InChI=1S/C20H22N2O3S/c1-2-3-6-14-26(23,24)22-17-12-13-21-20(15-17)25-19-11-7-9-16-8-4-5-10-18(16)19/h4-5,7-13,15H,2-3,6,14H2,1H3,(H,21,22). The first-order valence-corrected chi connectivity index (χ1v) is 10.3. The fourth-order valence-corrected chi connectivity index (χ4v) is 3.87. The molecule has 5 nitrogen and oxygen atoms in total. The van der Waals surface area contributed by atoms with Gasteiger partial charge in [-0.05, 0) is 23.9 Å². The zero-order valence-corrected chi connectivity index (χ0v) is 15.5. The van der Waals surface area contributed by atoms with Gasteiger partial charge in [-0.1, -0.05) is 56.2 Å². The molecule has 0 atom stereocenters. The van der Waals surface area contributed by atoms with Crippen molar-refractivity contribution in [2.24, 2.45) is 0 Å². The van der Waals surface area contributed by atoms with Crippen LogP contribution in [0.25, 0.3) is 10.8 Å². The van der Waals surface area contributed by atoms with E-state index in [1.807, 2.05) is 49.4 Å². The normalized spacial score (nSPS) is 11.4. The average molecular weight is 370 g/mol. The Morgan fingerprint density at radius 1 is 1.04 bits per heavy atom. The lowest BCUT2D eigenvalue weighted by atomic mass is 10.1. The average Bonchev–Trinajstić information content (AvgIpc) is 2.62. The lowest BCUT2D eigenvalue weighted by molar-refractivity contribution is 0.468. The predicted octanol–water partition coefficient (Wildman–Crippen LogP) is 4.96. The fraction of sp³-hybridized carbons (Fsp3) is 0.250.